The van der Waals surface area contributed by atoms with Gasteiger partial charge in [0.2, 0.25) is 11.8 Å². The van der Waals surface area contributed by atoms with E-state index in [2.05, 4.69) is 16.1 Å². The van der Waals surface area contributed by atoms with E-state index in [0.717, 1.165) is 16.0 Å². The average molecular weight is 438 g/mol. The molecule has 0 saturated heterocycles. The lowest BCUT2D eigenvalue weighted by molar-refractivity contribution is -0.141. The van der Waals surface area contributed by atoms with Crippen LogP contribution in [0.2, 0.25) is 0 Å². The number of amides is 2. The fraction of sp³-hybridized carbons (Fsp3) is 0.304. The second-order valence-electron chi connectivity index (χ2n) is 7.05. The molecule has 1 aromatic carbocycles. The summed E-state index contributed by atoms with van der Waals surface area (Å²) in [6.45, 7) is 0.915. The first-order valence-corrected chi connectivity index (χ1v) is 10.8. The molecular weight excluding hydrogens is 414 g/mol. The summed E-state index contributed by atoms with van der Waals surface area (Å²) in [5.74, 6) is -0.667. The maximum Gasteiger partial charge on any atom is 0.305 e. The number of nitrogens with zero attached hydrogens (tertiary/aromatic N) is 2. The molecule has 0 radical (unpaired) electrons. The molecule has 0 bridgehead atoms. The number of hydrogen-bond donors (Lipinski definition) is 1. The molecule has 2 aromatic rings. The molecule has 0 fully saturated rings. The van der Waals surface area contributed by atoms with Gasteiger partial charge in [-0.05, 0) is 30.0 Å². The number of hydrogen-bond acceptors (Lipinski definition) is 6. The molecule has 1 aliphatic rings. The zero-order valence-electron chi connectivity index (χ0n) is 17.2. The van der Waals surface area contributed by atoms with Crippen LogP contribution >= 0.6 is 11.3 Å². The number of nitriles is 1. The second-order valence-corrected chi connectivity index (χ2v) is 8.15. The predicted molar refractivity (Wildman–Crippen MR) is 118 cm³/mol. The highest BCUT2D eigenvalue weighted by atomic mass is 32.1. The Kier molecular flexibility index (Phi) is 7.57. The van der Waals surface area contributed by atoms with E-state index in [1.807, 2.05) is 30.3 Å². The van der Waals surface area contributed by atoms with Gasteiger partial charge in [-0.2, -0.15) is 5.26 Å². The van der Waals surface area contributed by atoms with Gasteiger partial charge in [0, 0.05) is 30.3 Å². The molecule has 2 heterocycles. The summed E-state index contributed by atoms with van der Waals surface area (Å²) in [5.41, 5.74) is 2.28. The Morgan fingerprint density at radius 1 is 1.26 bits per heavy atom. The second kappa shape index (κ2) is 10.5. The first-order valence-electron chi connectivity index (χ1n) is 9.95. The van der Waals surface area contributed by atoms with Crippen molar-refractivity contribution in [3.63, 3.8) is 0 Å². The fourth-order valence-corrected chi connectivity index (χ4v) is 4.57. The van der Waals surface area contributed by atoms with Gasteiger partial charge >= 0.3 is 5.97 Å². The minimum absolute atomic E-state index is 0.0298. The van der Waals surface area contributed by atoms with Crippen molar-refractivity contribution in [1.82, 2.24) is 4.90 Å². The molecule has 0 unspecified atom stereocenters. The van der Waals surface area contributed by atoms with Crippen LogP contribution in [0.25, 0.3) is 6.08 Å². The van der Waals surface area contributed by atoms with Crippen LogP contribution < -0.4 is 5.32 Å². The number of methoxy groups -OCH3 is 1. The molecule has 1 aromatic heterocycles. The third-order valence-electron chi connectivity index (χ3n) is 4.98. The third-order valence-corrected chi connectivity index (χ3v) is 6.12. The average Bonchev–Trinajstić information content (AvgIpc) is 3.14. The van der Waals surface area contributed by atoms with E-state index < -0.39 is 0 Å². The lowest BCUT2D eigenvalue weighted by atomic mass is 10.0. The first kappa shape index (κ1) is 22.2. The van der Waals surface area contributed by atoms with Crippen LogP contribution in [0.4, 0.5) is 5.00 Å². The number of carbonyl (C=O) groups is 3. The minimum Gasteiger partial charge on any atom is -0.469 e. The molecule has 3 rings (SSSR count). The van der Waals surface area contributed by atoms with Crippen molar-refractivity contribution >= 4 is 40.2 Å². The number of carbonyl (C=O) groups excluding carboxylic acids is 3. The van der Waals surface area contributed by atoms with Gasteiger partial charge in [0.15, 0.2) is 0 Å². The van der Waals surface area contributed by atoms with Crippen molar-refractivity contribution in [2.45, 2.75) is 32.2 Å². The number of thiophene rings is 1. The van der Waals surface area contributed by atoms with Crippen LogP contribution in [0, 0.1) is 11.3 Å². The lowest BCUT2D eigenvalue weighted by Crippen LogP contribution is -2.35. The summed E-state index contributed by atoms with van der Waals surface area (Å²) in [7, 11) is 1.33. The van der Waals surface area contributed by atoms with Crippen LogP contribution in [0.15, 0.2) is 36.4 Å². The van der Waals surface area contributed by atoms with Crippen LogP contribution in [-0.4, -0.2) is 36.3 Å². The molecule has 160 valence electrons. The van der Waals surface area contributed by atoms with Crippen molar-refractivity contribution in [3.05, 3.63) is 58.0 Å². The standard InChI is InChI=1S/C23H23N3O4S/c1-30-22(29)9-5-8-21(28)26-13-12-17-18(14-24)23(31-19(17)15-26)25-20(27)11-10-16-6-3-2-4-7-16/h2-4,6-7,10-11H,5,8-9,12-13,15H2,1H3,(H,25,27)/b11-10+. The van der Waals surface area contributed by atoms with E-state index in [-0.39, 0.29) is 30.6 Å². The largest absolute Gasteiger partial charge is 0.469 e. The fourth-order valence-electron chi connectivity index (χ4n) is 3.36. The number of rotatable bonds is 7. The normalized spacial score (nSPS) is 12.8. The smallest absolute Gasteiger partial charge is 0.305 e. The first-order chi connectivity index (χ1) is 15.0. The summed E-state index contributed by atoms with van der Waals surface area (Å²) in [6.07, 6.45) is 4.64. The van der Waals surface area contributed by atoms with Gasteiger partial charge in [0.1, 0.15) is 11.1 Å². The summed E-state index contributed by atoms with van der Waals surface area (Å²) in [4.78, 5) is 38.7. The topological polar surface area (TPSA) is 99.5 Å². The Balaban J connectivity index is 1.64. The van der Waals surface area contributed by atoms with Gasteiger partial charge < -0.3 is 15.0 Å². The quantitative estimate of drug-likeness (QED) is 0.528. The molecule has 0 aliphatic carbocycles. The highest BCUT2D eigenvalue weighted by molar-refractivity contribution is 7.16. The summed E-state index contributed by atoms with van der Waals surface area (Å²) in [6, 6.07) is 11.7. The van der Waals surface area contributed by atoms with E-state index in [9.17, 15) is 19.6 Å². The summed E-state index contributed by atoms with van der Waals surface area (Å²) < 4.78 is 4.59. The van der Waals surface area contributed by atoms with Crippen molar-refractivity contribution in [2.24, 2.45) is 0 Å². The molecule has 7 nitrogen and oxygen atoms in total. The van der Waals surface area contributed by atoms with E-state index >= 15 is 0 Å². The Labute approximate surface area is 184 Å². The van der Waals surface area contributed by atoms with Crippen molar-refractivity contribution < 1.29 is 19.1 Å². The molecule has 1 aliphatic heterocycles. The van der Waals surface area contributed by atoms with Crippen molar-refractivity contribution in [3.8, 4) is 6.07 Å². The molecule has 1 N–H and O–H groups in total. The molecule has 31 heavy (non-hydrogen) atoms. The monoisotopic (exact) mass is 437 g/mol. The number of nitrogens with one attached hydrogen (secondary N) is 1. The van der Waals surface area contributed by atoms with E-state index in [4.69, 9.17) is 0 Å². The highest BCUT2D eigenvalue weighted by Crippen LogP contribution is 2.36. The molecule has 0 saturated carbocycles. The van der Waals surface area contributed by atoms with Crippen LogP contribution in [0.5, 0.6) is 0 Å². The minimum atomic E-state index is -0.327. The summed E-state index contributed by atoms with van der Waals surface area (Å²) >= 11 is 1.33. The maximum atomic E-state index is 12.5. The summed E-state index contributed by atoms with van der Waals surface area (Å²) in [5, 5.41) is 12.9. The number of fused-ring (bicyclic) bond motifs is 1. The van der Waals surface area contributed by atoms with E-state index in [0.29, 0.717) is 36.5 Å². The van der Waals surface area contributed by atoms with Gasteiger partial charge in [-0.15, -0.1) is 11.3 Å². The van der Waals surface area contributed by atoms with E-state index in [1.165, 1.54) is 24.5 Å². The molecular formula is C23H23N3O4S. The van der Waals surface area contributed by atoms with Gasteiger partial charge in [-0.3, -0.25) is 14.4 Å². The van der Waals surface area contributed by atoms with Gasteiger partial charge in [0.25, 0.3) is 0 Å². The van der Waals surface area contributed by atoms with Crippen LogP contribution in [-0.2, 0) is 32.1 Å². The molecule has 2 amide bonds. The van der Waals surface area contributed by atoms with Crippen molar-refractivity contribution in [1.29, 1.82) is 5.26 Å². The van der Waals surface area contributed by atoms with E-state index in [1.54, 1.807) is 11.0 Å². The molecule has 0 atom stereocenters. The Morgan fingerprint density at radius 2 is 2.03 bits per heavy atom. The third kappa shape index (κ3) is 5.80. The Morgan fingerprint density at radius 3 is 2.74 bits per heavy atom. The van der Waals surface area contributed by atoms with Gasteiger partial charge in [-0.1, -0.05) is 30.3 Å². The zero-order chi connectivity index (χ0) is 22.2. The lowest BCUT2D eigenvalue weighted by Gasteiger charge is -2.27. The number of esters is 1. The highest BCUT2D eigenvalue weighted by Gasteiger charge is 2.27. The Bertz CT molecular complexity index is 1040. The SMILES string of the molecule is COC(=O)CCCC(=O)N1CCc2c(sc(NC(=O)/C=C/c3ccccc3)c2C#N)C1. The Hall–Kier alpha value is -3.44. The van der Waals surface area contributed by atoms with Crippen LogP contribution in [0.3, 0.4) is 0 Å². The molecule has 8 heteroatoms. The number of ether oxygens (including phenoxy) is 1. The predicted octanol–water partition coefficient (Wildman–Crippen LogP) is 3.50. The van der Waals surface area contributed by atoms with Crippen LogP contribution in [0.1, 0.15) is 40.8 Å². The zero-order valence-corrected chi connectivity index (χ0v) is 18.0. The van der Waals surface area contributed by atoms with Gasteiger partial charge in [-0.25, -0.2) is 0 Å². The number of anilines is 1. The van der Waals surface area contributed by atoms with Gasteiger partial charge in [0.05, 0.1) is 19.2 Å². The number of benzene rings is 1. The maximum absolute atomic E-state index is 12.5. The van der Waals surface area contributed by atoms with Crippen molar-refractivity contribution in [2.75, 3.05) is 19.0 Å². The molecule has 0 spiro atoms.